The standard InChI is InChI=1S/C43H76O12Si2/c1-15-29(45)24(2)30(46)21-32-28(35(47-10)33(50-32)20-27(55-57(13,14)42(6,7)8)23-48-56(11,12)41(3,4)5)19-25(44)18-26-16-17-31-36(49-26)40-39-38(51-31)37-34(52-39)22-43(9,53-37)54-40/h15,24,26-40,45-46H,1,16-23H2,2-14H3/t24?,26?,27?,28?,29?,30?,31?,32?,33-,34?,35-,36+,37?,38+,39?,40?,43+/m1/s1. The van der Waals surface area contributed by atoms with Gasteiger partial charge in [-0.15, -0.1) is 6.58 Å². The molecule has 7 heterocycles. The highest BCUT2D eigenvalue weighted by atomic mass is 28.4. The van der Waals surface area contributed by atoms with E-state index in [4.69, 9.17) is 42.0 Å². The smallest absolute Gasteiger partial charge is 0.192 e. The van der Waals surface area contributed by atoms with Crippen LogP contribution in [-0.2, 0) is 46.8 Å². The number of carbonyl (C=O) groups is 1. The molecule has 6 bridgehead atoms. The van der Waals surface area contributed by atoms with Gasteiger partial charge in [-0.1, -0.05) is 54.5 Å². The Morgan fingerprint density at radius 3 is 2.11 bits per heavy atom. The van der Waals surface area contributed by atoms with E-state index in [0.717, 1.165) is 6.42 Å². The molecule has 7 aliphatic rings. The molecular weight excluding hydrogens is 765 g/mol. The highest BCUT2D eigenvalue weighted by Crippen LogP contribution is 2.52. The van der Waals surface area contributed by atoms with Crippen LogP contribution in [0.5, 0.6) is 0 Å². The van der Waals surface area contributed by atoms with Gasteiger partial charge in [-0.3, -0.25) is 4.79 Å². The number of aliphatic hydroxyl groups is 2. The molecule has 0 aliphatic carbocycles. The van der Waals surface area contributed by atoms with Crippen LogP contribution < -0.4 is 0 Å². The highest BCUT2D eigenvalue weighted by Gasteiger charge is 2.67. The van der Waals surface area contributed by atoms with Gasteiger partial charge in [0.15, 0.2) is 22.4 Å². The molecule has 328 valence electrons. The van der Waals surface area contributed by atoms with Gasteiger partial charge in [0.05, 0.1) is 61.5 Å². The number of Topliss-reactive ketones (excluding diaryl/α,β-unsaturated/α-hetero) is 1. The van der Waals surface area contributed by atoms with Gasteiger partial charge >= 0.3 is 0 Å². The van der Waals surface area contributed by atoms with Crippen molar-refractivity contribution in [1.29, 1.82) is 0 Å². The molecule has 12 unspecified atom stereocenters. The summed E-state index contributed by atoms with van der Waals surface area (Å²) in [4.78, 5) is 14.2. The van der Waals surface area contributed by atoms with Crippen molar-refractivity contribution in [1.82, 2.24) is 0 Å². The van der Waals surface area contributed by atoms with Gasteiger partial charge in [0.2, 0.25) is 0 Å². The Labute approximate surface area is 344 Å². The summed E-state index contributed by atoms with van der Waals surface area (Å²) in [6, 6.07) is 0. The number of carbonyl (C=O) groups excluding carboxylic acids is 1. The van der Waals surface area contributed by atoms with E-state index in [1.165, 1.54) is 6.08 Å². The normalized spacial score (nSPS) is 40.1. The first kappa shape index (κ1) is 45.9. The number of hydrogen-bond donors (Lipinski definition) is 2. The summed E-state index contributed by atoms with van der Waals surface area (Å²) in [6.07, 6.45) is -0.268. The van der Waals surface area contributed by atoms with E-state index < -0.39 is 58.9 Å². The van der Waals surface area contributed by atoms with Gasteiger partial charge in [-0.2, -0.15) is 0 Å². The lowest BCUT2D eigenvalue weighted by molar-refractivity contribution is -0.285. The Kier molecular flexibility index (Phi) is 13.6. The molecular formula is C43H76O12Si2. The van der Waals surface area contributed by atoms with Crippen molar-refractivity contribution in [2.75, 3.05) is 13.7 Å². The van der Waals surface area contributed by atoms with E-state index in [9.17, 15) is 15.0 Å². The molecule has 12 nitrogen and oxygen atoms in total. The maximum absolute atomic E-state index is 14.2. The third kappa shape index (κ3) is 9.58. The monoisotopic (exact) mass is 840 g/mol. The van der Waals surface area contributed by atoms with Crippen molar-refractivity contribution < 1.29 is 57.0 Å². The van der Waals surface area contributed by atoms with Gasteiger partial charge in [-0.05, 0) is 56.0 Å². The van der Waals surface area contributed by atoms with Gasteiger partial charge in [0, 0.05) is 51.0 Å². The van der Waals surface area contributed by atoms with Crippen molar-refractivity contribution in [2.45, 2.75) is 228 Å². The first-order valence-corrected chi connectivity index (χ1v) is 27.5. The van der Waals surface area contributed by atoms with Crippen LogP contribution in [0.4, 0.5) is 0 Å². The van der Waals surface area contributed by atoms with Crippen LogP contribution in [0.1, 0.15) is 100 Å². The fraction of sp³-hybridized carbons (Fsp3) is 0.930. The maximum Gasteiger partial charge on any atom is 0.192 e. The third-order valence-electron chi connectivity index (χ3n) is 15.0. The molecule has 7 aliphatic heterocycles. The van der Waals surface area contributed by atoms with E-state index in [-0.39, 0.29) is 96.0 Å². The van der Waals surface area contributed by atoms with E-state index in [2.05, 4.69) is 74.3 Å². The SMILES string of the molecule is C=CC(O)C(C)C(O)CC1O[C@H](CC(CO[Si](C)(C)C(C)(C)C)O[Si](C)(C)C(C)(C)C)[C@H](OC)C1CC(=O)CC1CCC2O[C@H]3C4O[C@]5(C)CC4OC3C(O5)[C@H]2O1. The molecule has 0 aromatic heterocycles. The molecule has 0 amide bonds. The van der Waals surface area contributed by atoms with Crippen molar-refractivity contribution >= 4 is 22.4 Å². The van der Waals surface area contributed by atoms with Crippen LogP contribution in [0.25, 0.3) is 0 Å². The summed E-state index contributed by atoms with van der Waals surface area (Å²) in [6.45, 7) is 30.4. The second kappa shape index (κ2) is 16.9. The van der Waals surface area contributed by atoms with Crippen LogP contribution in [0.3, 0.4) is 0 Å². The minimum absolute atomic E-state index is 0.0171. The Hall–Kier alpha value is -0.596. The zero-order valence-corrected chi connectivity index (χ0v) is 39.2. The molecule has 0 aromatic carbocycles. The zero-order valence-electron chi connectivity index (χ0n) is 37.2. The average Bonchev–Trinajstić information content (AvgIpc) is 3.66. The van der Waals surface area contributed by atoms with E-state index >= 15 is 0 Å². The quantitative estimate of drug-likeness (QED) is 0.123. The van der Waals surface area contributed by atoms with Gasteiger partial charge in [-0.25, -0.2) is 0 Å². The Balaban J connectivity index is 1.18. The molecule has 0 saturated carbocycles. The number of fused-ring (bicyclic) bond motifs is 1. The number of ketones is 1. The highest BCUT2D eigenvalue weighted by molar-refractivity contribution is 6.74. The second-order valence-corrected chi connectivity index (χ2v) is 30.9. The molecule has 0 aromatic rings. The predicted molar refractivity (Wildman–Crippen MR) is 221 cm³/mol. The minimum atomic E-state index is -2.23. The maximum atomic E-state index is 14.2. The summed E-state index contributed by atoms with van der Waals surface area (Å²) in [7, 11) is -2.66. The zero-order chi connectivity index (χ0) is 42.0. The van der Waals surface area contributed by atoms with Gasteiger partial charge in [0.1, 0.15) is 36.3 Å². The Bertz CT molecular complexity index is 1410. The lowest BCUT2D eigenvalue weighted by Gasteiger charge is -2.47. The largest absolute Gasteiger partial charge is 0.414 e. The minimum Gasteiger partial charge on any atom is -0.414 e. The summed E-state index contributed by atoms with van der Waals surface area (Å²) in [5.41, 5.74) is 0. The summed E-state index contributed by atoms with van der Waals surface area (Å²) in [5.74, 6) is -1.49. The van der Waals surface area contributed by atoms with Crippen LogP contribution in [0, 0.1) is 11.8 Å². The summed E-state index contributed by atoms with van der Waals surface area (Å²) < 4.78 is 59.5. The number of ether oxygens (including phenoxy) is 7. The fourth-order valence-corrected chi connectivity index (χ4v) is 11.8. The molecule has 0 spiro atoms. The van der Waals surface area contributed by atoms with Crippen LogP contribution in [0.2, 0.25) is 36.3 Å². The molecule has 17 atom stereocenters. The summed E-state index contributed by atoms with van der Waals surface area (Å²) >= 11 is 0. The first-order valence-electron chi connectivity index (χ1n) is 21.7. The van der Waals surface area contributed by atoms with E-state index in [1.807, 2.05) is 6.92 Å². The topological polar surface area (TPSA) is 141 Å². The molecule has 7 rings (SSSR count). The Morgan fingerprint density at radius 1 is 0.842 bits per heavy atom. The molecule has 14 heteroatoms. The molecule has 57 heavy (non-hydrogen) atoms. The van der Waals surface area contributed by atoms with E-state index in [0.29, 0.717) is 25.9 Å². The van der Waals surface area contributed by atoms with Crippen LogP contribution in [-0.4, -0.2) is 138 Å². The molecule has 2 N–H and O–H groups in total. The predicted octanol–water partition coefficient (Wildman–Crippen LogP) is 6.46. The van der Waals surface area contributed by atoms with Gasteiger partial charge in [0.25, 0.3) is 0 Å². The van der Waals surface area contributed by atoms with Gasteiger partial charge < -0.3 is 52.2 Å². The number of aliphatic hydroxyl groups excluding tert-OH is 2. The fourth-order valence-electron chi connectivity index (χ4n) is 9.45. The van der Waals surface area contributed by atoms with Crippen molar-refractivity contribution in [2.24, 2.45) is 11.8 Å². The first-order chi connectivity index (χ1) is 26.4. The average molecular weight is 841 g/mol. The number of methoxy groups -OCH3 is 1. The van der Waals surface area contributed by atoms with Crippen molar-refractivity contribution in [3.05, 3.63) is 12.7 Å². The second-order valence-electron chi connectivity index (χ2n) is 21.3. The van der Waals surface area contributed by atoms with Crippen molar-refractivity contribution in [3.63, 3.8) is 0 Å². The number of rotatable bonds is 17. The molecule has 0 radical (unpaired) electrons. The van der Waals surface area contributed by atoms with E-state index in [1.54, 1.807) is 14.0 Å². The van der Waals surface area contributed by atoms with Crippen LogP contribution >= 0.6 is 0 Å². The molecule has 7 fully saturated rings. The lowest BCUT2D eigenvalue weighted by Crippen LogP contribution is -2.61. The van der Waals surface area contributed by atoms with Crippen molar-refractivity contribution in [3.8, 4) is 0 Å². The third-order valence-corrected chi connectivity index (χ3v) is 24.1. The van der Waals surface area contributed by atoms with Crippen LogP contribution in [0.15, 0.2) is 12.7 Å². The Morgan fingerprint density at radius 2 is 1.47 bits per heavy atom. The number of hydrogen-bond acceptors (Lipinski definition) is 12. The lowest BCUT2D eigenvalue weighted by atomic mass is 9.83. The summed E-state index contributed by atoms with van der Waals surface area (Å²) in [5, 5.41) is 21.9. The molecule has 7 saturated heterocycles.